The van der Waals surface area contributed by atoms with Crippen LogP contribution in [0.4, 0.5) is 18.9 Å². The van der Waals surface area contributed by atoms with E-state index in [0.717, 1.165) is 17.4 Å². The second kappa shape index (κ2) is 8.96. The van der Waals surface area contributed by atoms with Gasteiger partial charge in [-0.3, -0.25) is 0 Å². The van der Waals surface area contributed by atoms with Gasteiger partial charge in [0, 0.05) is 18.0 Å². The first kappa shape index (κ1) is 22.4. The van der Waals surface area contributed by atoms with Crippen LogP contribution in [0.1, 0.15) is 18.4 Å². The Morgan fingerprint density at radius 3 is 2.59 bits per heavy atom. The van der Waals surface area contributed by atoms with Gasteiger partial charge in [-0.15, -0.1) is 0 Å². The zero-order valence-electron chi connectivity index (χ0n) is 17.4. The minimum absolute atomic E-state index is 0.239. The Kier molecular flexibility index (Phi) is 6.26. The number of nitrogens with two attached hydrogens (primary N) is 1. The molecule has 8 heteroatoms. The number of carbonyl (C=O) groups is 1. The molecule has 1 aliphatic heterocycles. The molecule has 2 aromatic rings. The normalized spacial score (nSPS) is 23.8. The highest BCUT2D eigenvalue weighted by atomic mass is 32.2. The number of hydrogen-bond donors (Lipinski definition) is 1. The van der Waals surface area contributed by atoms with Crippen LogP contribution in [0.15, 0.2) is 69.7 Å². The molecule has 2 aromatic carbocycles. The van der Waals surface area contributed by atoms with Gasteiger partial charge in [0.2, 0.25) is 0 Å². The molecule has 32 heavy (non-hydrogen) atoms. The van der Waals surface area contributed by atoms with E-state index >= 15 is 0 Å². The van der Waals surface area contributed by atoms with Crippen molar-refractivity contribution in [2.45, 2.75) is 24.7 Å². The highest BCUT2D eigenvalue weighted by molar-refractivity contribution is 7.97. The van der Waals surface area contributed by atoms with Gasteiger partial charge >= 0.3 is 0 Å². The largest absolute Gasteiger partial charge is 0.404 e. The molecule has 0 amide bonds. The molecule has 0 aromatic heterocycles. The molecule has 4 nitrogen and oxygen atoms in total. The number of aryl methyl sites for hydroxylation is 1. The summed E-state index contributed by atoms with van der Waals surface area (Å²) in [5, 5.41) is 0. The van der Waals surface area contributed by atoms with E-state index in [-0.39, 0.29) is 11.4 Å². The van der Waals surface area contributed by atoms with E-state index in [2.05, 4.69) is 4.99 Å². The van der Waals surface area contributed by atoms with Crippen LogP contribution in [0.5, 0.6) is 0 Å². The number of piperidine rings is 1. The molecule has 2 N–H and O–H groups in total. The van der Waals surface area contributed by atoms with Crippen LogP contribution in [-0.2, 0) is 4.79 Å². The number of allylic oxidation sites excluding steroid dienone is 2. The van der Waals surface area contributed by atoms with Crippen LogP contribution in [0.25, 0.3) is 0 Å². The summed E-state index contributed by atoms with van der Waals surface area (Å²) in [4.78, 5) is 17.5. The van der Waals surface area contributed by atoms with Gasteiger partial charge in [0.05, 0.1) is 16.8 Å². The van der Waals surface area contributed by atoms with E-state index in [1.54, 1.807) is 18.2 Å². The van der Waals surface area contributed by atoms with Crippen LogP contribution in [0.3, 0.4) is 0 Å². The lowest BCUT2D eigenvalue weighted by molar-refractivity contribution is -0.115. The SMILES string of the molecule is Cc1cc(SN2CCC3=CC(=Nc4ccc(F)cc4)C(=CN)CC3(C=O)C2)cc(F)c1F. The van der Waals surface area contributed by atoms with E-state index in [4.69, 9.17) is 5.73 Å². The van der Waals surface area contributed by atoms with Crippen molar-refractivity contribution < 1.29 is 18.0 Å². The number of carbonyl (C=O) groups excluding carboxylic acids is 1. The van der Waals surface area contributed by atoms with E-state index in [1.165, 1.54) is 43.3 Å². The van der Waals surface area contributed by atoms with Crippen molar-refractivity contribution in [2.75, 3.05) is 13.1 Å². The van der Waals surface area contributed by atoms with E-state index < -0.39 is 17.0 Å². The lowest BCUT2D eigenvalue weighted by Gasteiger charge is -2.43. The van der Waals surface area contributed by atoms with Gasteiger partial charge in [0.15, 0.2) is 11.6 Å². The van der Waals surface area contributed by atoms with Crippen molar-refractivity contribution >= 4 is 29.6 Å². The molecule has 0 radical (unpaired) electrons. The topological polar surface area (TPSA) is 58.7 Å². The summed E-state index contributed by atoms with van der Waals surface area (Å²) in [5.41, 5.74) is 8.27. The van der Waals surface area contributed by atoms with Crippen LogP contribution >= 0.6 is 11.9 Å². The summed E-state index contributed by atoms with van der Waals surface area (Å²) < 4.78 is 42.6. The third-order valence-electron chi connectivity index (χ3n) is 5.80. The third kappa shape index (κ3) is 4.38. The van der Waals surface area contributed by atoms with Gasteiger partial charge in [-0.25, -0.2) is 22.5 Å². The number of rotatable bonds is 4. The fourth-order valence-corrected chi connectivity index (χ4v) is 5.26. The van der Waals surface area contributed by atoms with E-state index in [9.17, 15) is 18.0 Å². The van der Waals surface area contributed by atoms with Crippen molar-refractivity contribution in [3.05, 3.63) is 82.8 Å². The molecular weight excluding hydrogens is 435 g/mol. The highest BCUT2D eigenvalue weighted by Gasteiger charge is 2.43. The number of aldehydes is 1. The summed E-state index contributed by atoms with van der Waals surface area (Å²) in [6.45, 7) is 2.57. The Labute approximate surface area is 188 Å². The maximum absolute atomic E-state index is 13.8. The molecule has 0 saturated carbocycles. The monoisotopic (exact) mass is 457 g/mol. The van der Waals surface area contributed by atoms with E-state index in [0.29, 0.717) is 42.2 Å². The predicted octanol–water partition coefficient (Wildman–Crippen LogP) is 5.26. The number of aliphatic imine (C=N–C) groups is 1. The molecule has 1 heterocycles. The Bertz CT molecular complexity index is 1120. The smallest absolute Gasteiger partial charge is 0.161 e. The average molecular weight is 458 g/mol. The molecule has 0 spiro atoms. The van der Waals surface area contributed by atoms with Crippen LogP contribution < -0.4 is 5.73 Å². The second-order valence-corrected chi connectivity index (χ2v) is 9.20. The average Bonchev–Trinajstić information content (AvgIpc) is 2.78. The Hall–Kier alpha value is -2.84. The Morgan fingerprint density at radius 1 is 1.19 bits per heavy atom. The quantitative estimate of drug-likeness (QED) is 0.503. The summed E-state index contributed by atoms with van der Waals surface area (Å²) in [5.74, 6) is -2.07. The summed E-state index contributed by atoms with van der Waals surface area (Å²) >= 11 is 1.31. The van der Waals surface area contributed by atoms with Gasteiger partial charge in [-0.1, -0.05) is 5.57 Å². The van der Waals surface area contributed by atoms with Gasteiger partial charge in [-0.2, -0.15) is 0 Å². The lowest BCUT2D eigenvalue weighted by atomic mass is 9.68. The molecule has 1 saturated heterocycles. The first-order valence-corrected chi connectivity index (χ1v) is 10.9. The van der Waals surface area contributed by atoms with Crippen LogP contribution in [-0.4, -0.2) is 29.4 Å². The Balaban J connectivity index is 1.61. The zero-order chi connectivity index (χ0) is 22.9. The van der Waals surface area contributed by atoms with Crippen molar-refractivity contribution in [3.8, 4) is 0 Å². The molecular formula is C24H22F3N3OS. The molecule has 1 fully saturated rings. The van der Waals surface area contributed by atoms with Gasteiger partial charge in [0.1, 0.15) is 12.1 Å². The lowest BCUT2D eigenvalue weighted by Crippen LogP contribution is -2.45. The van der Waals surface area contributed by atoms with Gasteiger partial charge in [-0.05, 0) is 91.5 Å². The van der Waals surface area contributed by atoms with Gasteiger partial charge in [0.25, 0.3) is 0 Å². The zero-order valence-corrected chi connectivity index (χ0v) is 18.3. The molecule has 1 atom stereocenters. The molecule has 2 aliphatic rings. The summed E-state index contributed by atoms with van der Waals surface area (Å²) in [7, 11) is 0. The molecule has 1 aliphatic carbocycles. The summed E-state index contributed by atoms with van der Waals surface area (Å²) in [6, 6.07) is 8.62. The highest BCUT2D eigenvalue weighted by Crippen LogP contribution is 2.45. The van der Waals surface area contributed by atoms with Crippen LogP contribution in [0, 0.1) is 29.8 Å². The number of hydrogen-bond acceptors (Lipinski definition) is 5. The number of benzene rings is 2. The second-order valence-electron chi connectivity index (χ2n) is 8.03. The minimum Gasteiger partial charge on any atom is -0.404 e. The number of halogens is 3. The van der Waals surface area contributed by atoms with Gasteiger partial charge < -0.3 is 10.5 Å². The minimum atomic E-state index is -0.886. The van der Waals surface area contributed by atoms with Crippen LogP contribution in [0.2, 0.25) is 0 Å². The number of fused-ring (bicyclic) bond motifs is 1. The fraction of sp³-hybridized carbons (Fsp3) is 0.250. The van der Waals surface area contributed by atoms with Crippen molar-refractivity contribution in [2.24, 2.45) is 16.1 Å². The number of nitrogens with zero attached hydrogens (tertiary/aromatic N) is 2. The molecule has 166 valence electrons. The molecule has 1 unspecified atom stereocenters. The molecule has 4 rings (SSSR count). The molecule has 0 bridgehead atoms. The standard InChI is InChI=1S/C24H22F3N3OS/c1-15-8-20(10-21(26)23(15)27)32-30-7-6-17-9-22(29-19-4-2-18(25)3-5-19)16(12-28)11-24(17,13-30)14-31/h2-5,8-10,12,14H,6-7,11,13,28H2,1H3. The summed E-state index contributed by atoms with van der Waals surface area (Å²) in [6.07, 6.45) is 5.29. The third-order valence-corrected chi connectivity index (χ3v) is 6.81. The Morgan fingerprint density at radius 2 is 1.94 bits per heavy atom. The van der Waals surface area contributed by atoms with Crippen molar-refractivity contribution in [1.29, 1.82) is 0 Å². The van der Waals surface area contributed by atoms with Crippen molar-refractivity contribution in [1.82, 2.24) is 4.31 Å². The van der Waals surface area contributed by atoms with E-state index in [1.807, 2.05) is 10.4 Å². The maximum atomic E-state index is 13.8. The predicted molar refractivity (Wildman–Crippen MR) is 120 cm³/mol. The fourth-order valence-electron chi connectivity index (χ4n) is 4.10. The first-order chi connectivity index (χ1) is 15.3. The van der Waals surface area contributed by atoms with Crippen molar-refractivity contribution in [3.63, 3.8) is 0 Å². The maximum Gasteiger partial charge on any atom is 0.161 e. The first-order valence-electron chi connectivity index (χ1n) is 10.1.